The van der Waals surface area contributed by atoms with Gasteiger partial charge in [-0.2, -0.15) is 4.72 Å². The molecule has 0 radical (unpaired) electrons. The summed E-state index contributed by atoms with van der Waals surface area (Å²) in [6, 6.07) is 4.04. The summed E-state index contributed by atoms with van der Waals surface area (Å²) in [6.45, 7) is 2.90. The molecule has 0 aliphatic rings. The van der Waals surface area contributed by atoms with Gasteiger partial charge >= 0.3 is 5.97 Å². The second-order valence-electron chi connectivity index (χ2n) is 4.61. The molecular weight excluding hydrogens is 298 g/mol. The number of sulfonamides is 1. The maximum Gasteiger partial charge on any atom is 0.324 e. The smallest absolute Gasteiger partial charge is 0.324 e. The molecule has 1 unspecified atom stereocenters. The molecule has 0 spiro atoms. The number of carboxylic acids is 1. The summed E-state index contributed by atoms with van der Waals surface area (Å²) in [7, 11) is -1.18. The minimum Gasteiger partial charge on any atom is -0.493 e. The Kier molecular flexibility index (Phi) is 5.19. The van der Waals surface area contributed by atoms with Crippen LogP contribution in [0.15, 0.2) is 23.1 Å². The standard InChI is InChI=1S/C13H19NO6S/c1-5-13(2,12(15)16)14-21(17,18)9-6-7-10(19-3)11(8-9)20-4/h6-8,14H,5H2,1-4H3,(H,15,16). The van der Waals surface area contributed by atoms with E-state index >= 15 is 0 Å². The van der Waals surface area contributed by atoms with Crippen LogP contribution in [-0.4, -0.2) is 39.3 Å². The van der Waals surface area contributed by atoms with Gasteiger partial charge in [0.05, 0.1) is 19.1 Å². The fourth-order valence-corrected chi connectivity index (χ4v) is 3.06. The molecule has 1 rings (SSSR count). The number of nitrogens with one attached hydrogen (secondary N) is 1. The van der Waals surface area contributed by atoms with Crippen molar-refractivity contribution >= 4 is 16.0 Å². The molecule has 0 aromatic heterocycles. The highest BCUT2D eigenvalue weighted by molar-refractivity contribution is 7.89. The summed E-state index contributed by atoms with van der Waals surface area (Å²) in [5, 5.41) is 9.15. The molecule has 7 nitrogen and oxygen atoms in total. The van der Waals surface area contributed by atoms with Gasteiger partial charge in [0.2, 0.25) is 10.0 Å². The molecule has 0 heterocycles. The first-order valence-corrected chi connectivity index (χ1v) is 7.68. The summed E-state index contributed by atoms with van der Waals surface area (Å²) in [6.07, 6.45) is 0.106. The Balaban J connectivity index is 3.23. The van der Waals surface area contributed by atoms with Gasteiger partial charge < -0.3 is 14.6 Å². The Morgan fingerprint density at radius 2 is 1.86 bits per heavy atom. The molecule has 2 N–H and O–H groups in total. The van der Waals surface area contributed by atoms with Gasteiger partial charge in [0.1, 0.15) is 5.54 Å². The first-order valence-electron chi connectivity index (χ1n) is 6.19. The lowest BCUT2D eigenvalue weighted by molar-refractivity contribution is -0.143. The first kappa shape index (κ1) is 17.3. The average Bonchev–Trinajstić information content (AvgIpc) is 2.45. The number of benzene rings is 1. The lowest BCUT2D eigenvalue weighted by Crippen LogP contribution is -2.51. The SMILES string of the molecule is CCC(C)(NS(=O)(=O)c1ccc(OC)c(OC)c1)C(=O)O. The highest BCUT2D eigenvalue weighted by Gasteiger charge is 2.36. The number of aliphatic carboxylic acids is 1. The maximum absolute atomic E-state index is 12.3. The molecule has 118 valence electrons. The van der Waals surface area contributed by atoms with E-state index in [1.165, 1.54) is 39.3 Å². The molecule has 0 aliphatic heterocycles. The minimum atomic E-state index is -4.00. The van der Waals surface area contributed by atoms with Gasteiger partial charge in [0.15, 0.2) is 11.5 Å². The minimum absolute atomic E-state index is 0.0962. The molecule has 0 amide bonds. The van der Waals surface area contributed by atoms with Crippen molar-refractivity contribution in [1.82, 2.24) is 4.72 Å². The van der Waals surface area contributed by atoms with Crippen molar-refractivity contribution in [2.24, 2.45) is 0 Å². The molecule has 0 aliphatic carbocycles. The van der Waals surface area contributed by atoms with Crippen molar-refractivity contribution in [2.75, 3.05) is 14.2 Å². The number of hydrogen-bond acceptors (Lipinski definition) is 5. The van der Waals surface area contributed by atoms with Crippen LogP contribution in [0, 0.1) is 0 Å². The van der Waals surface area contributed by atoms with E-state index in [0.717, 1.165) is 0 Å². The number of carboxylic acid groups (broad SMARTS) is 1. The summed E-state index contributed by atoms with van der Waals surface area (Å²) >= 11 is 0. The lowest BCUT2D eigenvalue weighted by Gasteiger charge is -2.24. The predicted molar refractivity (Wildman–Crippen MR) is 76.2 cm³/mol. The van der Waals surface area contributed by atoms with Crippen molar-refractivity contribution in [1.29, 1.82) is 0 Å². The molecular formula is C13H19NO6S. The zero-order valence-corrected chi connectivity index (χ0v) is 13.2. The molecule has 8 heteroatoms. The van der Waals surface area contributed by atoms with E-state index in [-0.39, 0.29) is 17.1 Å². The fraction of sp³-hybridized carbons (Fsp3) is 0.462. The zero-order valence-electron chi connectivity index (χ0n) is 12.3. The van der Waals surface area contributed by atoms with Crippen LogP contribution in [0.1, 0.15) is 20.3 Å². The Morgan fingerprint density at radius 1 is 1.29 bits per heavy atom. The Bertz CT molecular complexity index is 628. The molecule has 0 fully saturated rings. The van der Waals surface area contributed by atoms with Crippen LogP contribution < -0.4 is 14.2 Å². The van der Waals surface area contributed by atoms with Crippen LogP contribution in [0.3, 0.4) is 0 Å². The van der Waals surface area contributed by atoms with Gasteiger partial charge in [0.25, 0.3) is 0 Å². The summed E-state index contributed by atoms with van der Waals surface area (Å²) in [4.78, 5) is 11.1. The number of methoxy groups -OCH3 is 2. The van der Waals surface area contributed by atoms with E-state index in [4.69, 9.17) is 14.6 Å². The monoisotopic (exact) mass is 317 g/mol. The van der Waals surface area contributed by atoms with Crippen molar-refractivity contribution in [3.63, 3.8) is 0 Å². The van der Waals surface area contributed by atoms with Crippen LogP contribution in [0.4, 0.5) is 0 Å². The molecule has 1 aromatic rings. The Labute approximate surface area is 123 Å². The van der Waals surface area contributed by atoms with Crippen molar-refractivity contribution in [3.05, 3.63) is 18.2 Å². The van der Waals surface area contributed by atoms with Crippen molar-refractivity contribution in [2.45, 2.75) is 30.7 Å². The normalized spacial score (nSPS) is 14.3. The number of carbonyl (C=O) groups is 1. The number of hydrogen-bond donors (Lipinski definition) is 2. The van der Waals surface area contributed by atoms with Crippen LogP contribution in [0.25, 0.3) is 0 Å². The van der Waals surface area contributed by atoms with Crippen LogP contribution in [-0.2, 0) is 14.8 Å². The van der Waals surface area contributed by atoms with Gasteiger partial charge in [-0.1, -0.05) is 6.92 Å². The van der Waals surface area contributed by atoms with E-state index in [2.05, 4.69) is 4.72 Å². The summed E-state index contributed by atoms with van der Waals surface area (Å²) in [5.41, 5.74) is -1.58. The third-order valence-corrected chi connectivity index (χ3v) is 4.80. The van der Waals surface area contributed by atoms with Crippen LogP contribution >= 0.6 is 0 Å². The van der Waals surface area contributed by atoms with Crippen molar-refractivity contribution < 1.29 is 27.8 Å². The lowest BCUT2D eigenvalue weighted by atomic mass is 10.0. The van der Waals surface area contributed by atoms with Gasteiger partial charge in [-0.15, -0.1) is 0 Å². The summed E-state index contributed by atoms with van der Waals surface area (Å²) < 4.78 is 36.9. The van der Waals surface area contributed by atoms with E-state index in [0.29, 0.717) is 5.75 Å². The predicted octanol–water partition coefficient (Wildman–Crippen LogP) is 1.24. The Morgan fingerprint density at radius 3 is 2.29 bits per heavy atom. The molecule has 0 saturated carbocycles. The second-order valence-corrected chi connectivity index (χ2v) is 6.30. The molecule has 0 saturated heterocycles. The van der Waals surface area contributed by atoms with Gasteiger partial charge in [0, 0.05) is 6.07 Å². The van der Waals surface area contributed by atoms with E-state index in [9.17, 15) is 13.2 Å². The highest BCUT2D eigenvalue weighted by Crippen LogP contribution is 2.29. The molecule has 1 aromatic carbocycles. The summed E-state index contributed by atoms with van der Waals surface area (Å²) in [5.74, 6) is -0.615. The van der Waals surface area contributed by atoms with Gasteiger partial charge in [-0.3, -0.25) is 4.79 Å². The number of rotatable bonds is 7. The van der Waals surface area contributed by atoms with E-state index in [1.54, 1.807) is 6.92 Å². The molecule has 1 atom stereocenters. The Hall–Kier alpha value is -1.80. The van der Waals surface area contributed by atoms with Crippen LogP contribution in [0.5, 0.6) is 11.5 Å². The van der Waals surface area contributed by atoms with E-state index in [1.807, 2.05) is 0 Å². The molecule has 21 heavy (non-hydrogen) atoms. The van der Waals surface area contributed by atoms with E-state index < -0.39 is 21.5 Å². The molecule has 0 bridgehead atoms. The van der Waals surface area contributed by atoms with Crippen LogP contribution in [0.2, 0.25) is 0 Å². The average molecular weight is 317 g/mol. The zero-order chi connectivity index (χ0) is 16.3. The number of ether oxygens (including phenoxy) is 2. The third kappa shape index (κ3) is 3.64. The highest BCUT2D eigenvalue weighted by atomic mass is 32.2. The van der Waals surface area contributed by atoms with Gasteiger partial charge in [-0.25, -0.2) is 8.42 Å². The fourth-order valence-electron chi connectivity index (χ4n) is 1.61. The maximum atomic E-state index is 12.3. The first-order chi connectivity index (χ1) is 9.70. The third-order valence-electron chi connectivity index (χ3n) is 3.20. The second kappa shape index (κ2) is 6.31. The van der Waals surface area contributed by atoms with Crippen molar-refractivity contribution in [3.8, 4) is 11.5 Å². The van der Waals surface area contributed by atoms with Gasteiger partial charge in [-0.05, 0) is 25.5 Å². The topological polar surface area (TPSA) is 102 Å². The largest absolute Gasteiger partial charge is 0.493 e. The quantitative estimate of drug-likeness (QED) is 0.784.